The van der Waals surface area contributed by atoms with Crippen LogP contribution in [-0.2, 0) is 4.74 Å². The molecule has 1 atom stereocenters. The van der Waals surface area contributed by atoms with E-state index in [2.05, 4.69) is 22.1 Å². The summed E-state index contributed by atoms with van der Waals surface area (Å²) < 4.78 is 7.32. The van der Waals surface area contributed by atoms with Crippen molar-refractivity contribution in [3.8, 4) is 0 Å². The van der Waals surface area contributed by atoms with Crippen molar-refractivity contribution in [2.45, 2.75) is 44.7 Å². The van der Waals surface area contributed by atoms with E-state index in [-0.39, 0.29) is 11.9 Å². The monoisotopic (exact) mass is 293 g/mol. The molecule has 118 valence electrons. The van der Waals surface area contributed by atoms with Crippen molar-refractivity contribution >= 4 is 5.91 Å². The van der Waals surface area contributed by atoms with Crippen LogP contribution in [0.1, 0.15) is 49.1 Å². The average molecular weight is 293 g/mol. The molecular weight excluding hydrogens is 266 g/mol. The minimum absolute atomic E-state index is 0.00836. The van der Waals surface area contributed by atoms with Crippen LogP contribution in [0.4, 0.5) is 0 Å². The summed E-state index contributed by atoms with van der Waals surface area (Å²) in [6, 6.07) is 4.38. The second-order valence-corrected chi connectivity index (χ2v) is 5.70. The van der Waals surface area contributed by atoms with Gasteiger partial charge >= 0.3 is 0 Å². The molecule has 0 radical (unpaired) electrons. The van der Waals surface area contributed by atoms with Gasteiger partial charge in [-0.15, -0.1) is 0 Å². The van der Waals surface area contributed by atoms with E-state index < -0.39 is 0 Å². The van der Waals surface area contributed by atoms with E-state index in [4.69, 9.17) is 4.74 Å². The predicted molar refractivity (Wildman–Crippen MR) is 83.6 cm³/mol. The number of nitrogens with zero attached hydrogens (tertiary/aromatic N) is 1. The Morgan fingerprint density at radius 1 is 1.52 bits per heavy atom. The van der Waals surface area contributed by atoms with E-state index in [9.17, 15) is 4.79 Å². The van der Waals surface area contributed by atoms with E-state index in [0.29, 0.717) is 12.6 Å². The standard InChI is InChI=1S/C16H27N3O2/c1-3-5-13(12-21-2)18-16(20)15-6-4-11-19(15)14-7-9-17-10-8-14/h4,6,11,13-14,17H,3,5,7-10,12H2,1-2H3,(H,18,20). The molecule has 2 heterocycles. The molecule has 2 rings (SSSR count). The zero-order valence-corrected chi connectivity index (χ0v) is 13.1. The van der Waals surface area contributed by atoms with Crippen molar-refractivity contribution in [2.24, 2.45) is 0 Å². The first-order valence-corrected chi connectivity index (χ1v) is 7.93. The molecule has 2 N–H and O–H groups in total. The van der Waals surface area contributed by atoms with Gasteiger partial charge in [0.2, 0.25) is 0 Å². The Hall–Kier alpha value is -1.33. The first kappa shape index (κ1) is 16.0. The van der Waals surface area contributed by atoms with Crippen molar-refractivity contribution in [2.75, 3.05) is 26.8 Å². The molecule has 1 fully saturated rings. The fourth-order valence-electron chi connectivity index (χ4n) is 3.00. The average Bonchev–Trinajstić information content (AvgIpc) is 2.98. The number of rotatable bonds is 7. The number of carbonyl (C=O) groups excluding carboxylic acids is 1. The topological polar surface area (TPSA) is 55.3 Å². The minimum atomic E-state index is 0.00836. The van der Waals surface area contributed by atoms with Crippen LogP contribution in [-0.4, -0.2) is 43.3 Å². The summed E-state index contributed by atoms with van der Waals surface area (Å²) in [6.45, 7) is 4.72. The second kappa shape index (κ2) is 8.20. The maximum atomic E-state index is 12.5. The van der Waals surface area contributed by atoms with Crippen molar-refractivity contribution in [3.63, 3.8) is 0 Å². The van der Waals surface area contributed by atoms with Crippen LogP contribution >= 0.6 is 0 Å². The number of amides is 1. The van der Waals surface area contributed by atoms with Gasteiger partial charge in [-0.25, -0.2) is 0 Å². The number of aromatic nitrogens is 1. The second-order valence-electron chi connectivity index (χ2n) is 5.70. The number of piperidine rings is 1. The Bertz CT molecular complexity index is 432. The molecule has 1 aliphatic rings. The van der Waals surface area contributed by atoms with Crippen LogP contribution in [0, 0.1) is 0 Å². The third kappa shape index (κ3) is 4.32. The highest BCUT2D eigenvalue weighted by Crippen LogP contribution is 2.21. The lowest BCUT2D eigenvalue weighted by Gasteiger charge is -2.26. The van der Waals surface area contributed by atoms with Crippen LogP contribution in [0.3, 0.4) is 0 Å². The summed E-state index contributed by atoms with van der Waals surface area (Å²) >= 11 is 0. The lowest BCUT2D eigenvalue weighted by Crippen LogP contribution is -2.39. The molecule has 1 amide bonds. The zero-order chi connectivity index (χ0) is 15.1. The van der Waals surface area contributed by atoms with Crippen molar-refractivity contribution in [3.05, 3.63) is 24.0 Å². The number of methoxy groups -OCH3 is 1. The van der Waals surface area contributed by atoms with Gasteiger partial charge in [0.25, 0.3) is 5.91 Å². The molecule has 1 saturated heterocycles. The van der Waals surface area contributed by atoms with E-state index in [1.165, 1.54) is 0 Å². The number of carbonyl (C=O) groups is 1. The molecule has 1 aromatic heterocycles. The molecule has 1 aliphatic heterocycles. The molecule has 5 nitrogen and oxygen atoms in total. The summed E-state index contributed by atoms with van der Waals surface area (Å²) in [7, 11) is 1.67. The Morgan fingerprint density at radius 2 is 2.29 bits per heavy atom. The van der Waals surface area contributed by atoms with Gasteiger partial charge < -0.3 is 19.9 Å². The highest BCUT2D eigenvalue weighted by molar-refractivity contribution is 5.93. The lowest BCUT2D eigenvalue weighted by molar-refractivity contribution is 0.0879. The summed E-state index contributed by atoms with van der Waals surface area (Å²) in [6.07, 6.45) is 6.14. The largest absolute Gasteiger partial charge is 0.383 e. The van der Waals surface area contributed by atoms with Crippen LogP contribution in [0.5, 0.6) is 0 Å². The first-order valence-electron chi connectivity index (χ1n) is 7.93. The van der Waals surface area contributed by atoms with Gasteiger partial charge in [-0.3, -0.25) is 4.79 Å². The van der Waals surface area contributed by atoms with Gasteiger partial charge in [-0.2, -0.15) is 0 Å². The van der Waals surface area contributed by atoms with Gasteiger partial charge in [0.15, 0.2) is 0 Å². The third-order valence-electron chi connectivity index (χ3n) is 4.05. The third-order valence-corrected chi connectivity index (χ3v) is 4.05. The predicted octanol–water partition coefficient (Wildman–Crippen LogP) is 1.96. The molecular formula is C16H27N3O2. The van der Waals surface area contributed by atoms with Crippen molar-refractivity contribution < 1.29 is 9.53 Å². The highest BCUT2D eigenvalue weighted by atomic mass is 16.5. The Kier molecular flexibility index (Phi) is 6.26. The molecule has 21 heavy (non-hydrogen) atoms. The van der Waals surface area contributed by atoms with Gasteiger partial charge in [0.1, 0.15) is 5.69 Å². The van der Waals surface area contributed by atoms with Crippen molar-refractivity contribution in [1.29, 1.82) is 0 Å². The number of ether oxygens (including phenoxy) is 1. The van der Waals surface area contributed by atoms with Gasteiger partial charge in [0.05, 0.1) is 12.6 Å². The number of hydrogen-bond donors (Lipinski definition) is 2. The number of hydrogen-bond acceptors (Lipinski definition) is 3. The smallest absolute Gasteiger partial charge is 0.268 e. The molecule has 0 aromatic carbocycles. The molecule has 0 spiro atoms. The van der Waals surface area contributed by atoms with E-state index in [0.717, 1.165) is 44.5 Å². The van der Waals surface area contributed by atoms with Crippen LogP contribution in [0.2, 0.25) is 0 Å². The van der Waals surface area contributed by atoms with Gasteiger partial charge in [-0.05, 0) is 44.5 Å². The normalized spacial score (nSPS) is 17.6. The quantitative estimate of drug-likeness (QED) is 0.808. The maximum absolute atomic E-state index is 12.5. The fourth-order valence-corrected chi connectivity index (χ4v) is 3.00. The molecule has 0 saturated carbocycles. The lowest BCUT2D eigenvalue weighted by atomic mass is 10.1. The van der Waals surface area contributed by atoms with Crippen LogP contribution < -0.4 is 10.6 Å². The van der Waals surface area contributed by atoms with Crippen LogP contribution in [0.15, 0.2) is 18.3 Å². The summed E-state index contributed by atoms with van der Waals surface area (Å²) in [5.41, 5.74) is 0.763. The Morgan fingerprint density at radius 3 is 2.95 bits per heavy atom. The fraction of sp³-hybridized carbons (Fsp3) is 0.688. The van der Waals surface area contributed by atoms with E-state index >= 15 is 0 Å². The summed E-state index contributed by atoms with van der Waals surface area (Å²) in [5, 5.41) is 6.46. The molecule has 0 bridgehead atoms. The molecule has 0 aliphatic carbocycles. The number of nitrogens with one attached hydrogen (secondary N) is 2. The van der Waals surface area contributed by atoms with E-state index in [1.54, 1.807) is 7.11 Å². The first-order chi connectivity index (χ1) is 10.3. The summed E-state index contributed by atoms with van der Waals surface area (Å²) in [4.78, 5) is 12.5. The molecule has 5 heteroatoms. The van der Waals surface area contributed by atoms with Gasteiger partial charge in [-0.1, -0.05) is 13.3 Å². The minimum Gasteiger partial charge on any atom is -0.383 e. The summed E-state index contributed by atoms with van der Waals surface area (Å²) in [5.74, 6) is 0.00836. The Labute approximate surface area is 127 Å². The molecule has 1 aromatic rings. The maximum Gasteiger partial charge on any atom is 0.268 e. The van der Waals surface area contributed by atoms with Crippen LogP contribution in [0.25, 0.3) is 0 Å². The highest BCUT2D eigenvalue weighted by Gasteiger charge is 2.21. The molecule has 1 unspecified atom stereocenters. The van der Waals surface area contributed by atoms with E-state index in [1.807, 2.05) is 18.3 Å². The Balaban J connectivity index is 2.03. The SMILES string of the molecule is CCCC(COC)NC(=O)c1cccn1C1CCNCC1. The zero-order valence-electron chi connectivity index (χ0n) is 13.1. The van der Waals surface area contributed by atoms with Gasteiger partial charge in [0, 0.05) is 19.3 Å². The van der Waals surface area contributed by atoms with Crippen molar-refractivity contribution in [1.82, 2.24) is 15.2 Å².